The van der Waals surface area contributed by atoms with Crippen molar-refractivity contribution in [1.82, 2.24) is 9.80 Å². The van der Waals surface area contributed by atoms with E-state index >= 15 is 0 Å². The van der Waals surface area contributed by atoms with Crippen LogP contribution in [-0.4, -0.2) is 141 Å². The summed E-state index contributed by atoms with van der Waals surface area (Å²) in [4.78, 5) is 4.71. The Kier molecular flexibility index (Phi) is 25.9. The zero-order chi connectivity index (χ0) is 40.9. The maximum atomic E-state index is 11.2. The SMILES string of the molecule is CCCCC(CC)CN(CC(CC)CCCC)C[C@H]1O[C@H](OC2O[C@H](CN(CC(CC)CCCC)CC(CC)CCCC)[C@@H](O)[C@H](O)[C@H]2O)[C@H](O)[C@@H](O)[C@@H]1O. The Hall–Kier alpha value is -0.440. The van der Waals surface area contributed by atoms with E-state index in [1.54, 1.807) is 0 Å². The highest BCUT2D eigenvalue weighted by atomic mass is 16.8. The molecular formula is C44H88N2O9. The summed E-state index contributed by atoms with van der Waals surface area (Å²) in [5, 5.41) is 66.9. The molecule has 2 fully saturated rings. The molecule has 0 amide bonds. The van der Waals surface area contributed by atoms with Gasteiger partial charge in [0.15, 0.2) is 12.6 Å². The quantitative estimate of drug-likeness (QED) is 0.0501. The topological polar surface area (TPSA) is 156 Å². The standard InChI is InChI=1S/C44H88N2O9/c1-9-17-21-31(13-5)25-45(26-32(14-6)22-18-10-2)29-35-37(47)39(49)41(51)43(53-35)55-44-42(52)40(50)38(48)36(54-44)30-46(27-33(15-7)23-19-11-3)28-34(16-8)24-20-12-4/h31-44,47-52H,9-30H2,1-8H3/t31?,32?,33?,34?,35-,36-,37-,38-,39+,40+,41-,42-,43-,44?/m1/s1. The van der Waals surface area contributed by atoms with Gasteiger partial charge >= 0.3 is 0 Å². The summed E-state index contributed by atoms with van der Waals surface area (Å²) in [6, 6.07) is 0. The van der Waals surface area contributed by atoms with Gasteiger partial charge in [-0.15, -0.1) is 0 Å². The second-order valence-corrected chi connectivity index (χ2v) is 17.3. The third kappa shape index (κ3) is 17.0. The zero-order valence-electron chi connectivity index (χ0n) is 36.4. The van der Waals surface area contributed by atoms with Crippen molar-refractivity contribution in [3.8, 4) is 0 Å². The molecule has 0 spiro atoms. The van der Waals surface area contributed by atoms with Crippen molar-refractivity contribution in [2.24, 2.45) is 23.7 Å². The lowest BCUT2D eigenvalue weighted by molar-refractivity contribution is -0.374. The van der Waals surface area contributed by atoms with Gasteiger partial charge in [0.1, 0.15) is 48.8 Å². The van der Waals surface area contributed by atoms with Crippen LogP contribution < -0.4 is 0 Å². The molecule has 2 aliphatic rings. The summed E-state index contributed by atoms with van der Waals surface area (Å²) >= 11 is 0. The molecular weight excluding hydrogens is 700 g/mol. The Bertz CT molecular complexity index is 843. The molecule has 2 rings (SSSR count). The first-order chi connectivity index (χ1) is 26.4. The van der Waals surface area contributed by atoms with Crippen LogP contribution in [0.4, 0.5) is 0 Å². The van der Waals surface area contributed by atoms with Gasteiger partial charge in [0, 0.05) is 39.3 Å². The lowest BCUT2D eigenvalue weighted by Crippen LogP contribution is -2.65. The molecule has 0 aliphatic carbocycles. The summed E-state index contributed by atoms with van der Waals surface area (Å²) < 4.78 is 18.7. The van der Waals surface area contributed by atoms with Crippen molar-refractivity contribution in [3.63, 3.8) is 0 Å². The molecule has 5 unspecified atom stereocenters. The van der Waals surface area contributed by atoms with Crippen LogP contribution in [0.1, 0.15) is 158 Å². The van der Waals surface area contributed by atoms with Crippen LogP contribution in [0.3, 0.4) is 0 Å². The van der Waals surface area contributed by atoms with E-state index in [4.69, 9.17) is 14.2 Å². The highest BCUT2D eigenvalue weighted by Gasteiger charge is 2.50. The second-order valence-electron chi connectivity index (χ2n) is 17.3. The highest BCUT2D eigenvalue weighted by Crippen LogP contribution is 2.31. The van der Waals surface area contributed by atoms with Gasteiger partial charge < -0.3 is 54.6 Å². The van der Waals surface area contributed by atoms with Crippen molar-refractivity contribution < 1.29 is 44.8 Å². The van der Waals surface area contributed by atoms with Crippen molar-refractivity contribution >= 4 is 0 Å². The molecule has 328 valence electrons. The normalized spacial score (nSPS) is 31.2. The minimum Gasteiger partial charge on any atom is -0.388 e. The number of aliphatic hydroxyl groups is 6. The van der Waals surface area contributed by atoms with Gasteiger partial charge in [-0.2, -0.15) is 0 Å². The fraction of sp³-hybridized carbons (Fsp3) is 1.00. The van der Waals surface area contributed by atoms with Gasteiger partial charge in [-0.3, -0.25) is 0 Å². The number of aliphatic hydroxyl groups excluding tert-OH is 6. The monoisotopic (exact) mass is 789 g/mol. The summed E-state index contributed by atoms with van der Waals surface area (Å²) in [6.07, 6.45) is 4.12. The van der Waals surface area contributed by atoms with Gasteiger partial charge in [-0.1, -0.05) is 132 Å². The molecule has 55 heavy (non-hydrogen) atoms. The molecule has 0 bridgehead atoms. The van der Waals surface area contributed by atoms with Crippen LogP contribution >= 0.6 is 0 Å². The molecule has 0 radical (unpaired) electrons. The summed E-state index contributed by atoms with van der Waals surface area (Å²) in [6.45, 7) is 21.8. The van der Waals surface area contributed by atoms with Crippen LogP contribution in [0.25, 0.3) is 0 Å². The smallest absolute Gasteiger partial charge is 0.189 e. The average molecular weight is 789 g/mol. The molecule has 14 atom stereocenters. The lowest BCUT2D eigenvalue weighted by Gasteiger charge is -2.46. The molecule has 2 heterocycles. The predicted octanol–water partition coefficient (Wildman–Crippen LogP) is 6.09. The lowest BCUT2D eigenvalue weighted by atomic mass is 9.93. The largest absolute Gasteiger partial charge is 0.388 e. The van der Waals surface area contributed by atoms with Gasteiger partial charge in [-0.05, 0) is 49.4 Å². The minimum absolute atomic E-state index is 0.344. The first-order valence-electron chi connectivity index (χ1n) is 22.9. The fourth-order valence-corrected chi connectivity index (χ4v) is 8.58. The number of unbranched alkanes of at least 4 members (excludes halogenated alkanes) is 4. The van der Waals surface area contributed by atoms with E-state index in [1.807, 2.05) is 0 Å². The van der Waals surface area contributed by atoms with Gasteiger partial charge in [0.2, 0.25) is 0 Å². The van der Waals surface area contributed by atoms with E-state index < -0.39 is 61.4 Å². The molecule has 11 heteroatoms. The van der Waals surface area contributed by atoms with Crippen LogP contribution in [0.5, 0.6) is 0 Å². The summed E-state index contributed by atoms with van der Waals surface area (Å²) in [7, 11) is 0. The highest BCUT2D eigenvalue weighted by molar-refractivity contribution is 4.94. The first kappa shape index (κ1) is 50.7. The van der Waals surface area contributed by atoms with E-state index in [1.165, 1.54) is 0 Å². The average Bonchev–Trinajstić information content (AvgIpc) is 3.19. The Morgan fingerprint density at radius 1 is 0.418 bits per heavy atom. The molecule has 0 aromatic carbocycles. The van der Waals surface area contributed by atoms with Crippen LogP contribution in [0.15, 0.2) is 0 Å². The van der Waals surface area contributed by atoms with E-state index in [0.717, 1.165) is 129 Å². The van der Waals surface area contributed by atoms with E-state index in [-0.39, 0.29) is 0 Å². The molecule has 2 aliphatic heterocycles. The third-order valence-corrected chi connectivity index (χ3v) is 12.7. The molecule has 0 saturated carbocycles. The van der Waals surface area contributed by atoms with Gasteiger partial charge in [0.25, 0.3) is 0 Å². The second kappa shape index (κ2) is 28.1. The molecule has 0 aromatic rings. The maximum Gasteiger partial charge on any atom is 0.189 e. The van der Waals surface area contributed by atoms with Crippen molar-refractivity contribution in [2.75, 3.05) is 39.3 Å². The number of ether oxygens (including phenoxy) is 3. The third-order valence-electron chi connectivity index (χ3n) is 12.7. The Labute approximate surface area is 336 Å². The Morgan fingerprint density at radius 2 is 0.691 bits per heavy atom. The van der Waals surface area contributed by atoms with E-state index in [2.05, 4.69) is 65.2 Å². The molecule has 0 aromatic heterocycles. The summed E-state index contributed by atoms with van der Waals surface area (Å²) in [5.74, 6) is 1.95. The minimum atomic E-state index is -1.62. The maximum absolute atomic E-state index is 11.2. The number of nitrogens with zero attached hydrogens (tertiary/aromatic N) is 2. The summed E-state index contributed by atoms with van der Waals surface area (Å²) in [5.41, 5.74) is 0. The fourth-order valence-electron chi connectivity index (χ4n) is 8.58. The number of rotatable bonds is 30. The van der Waals surface area contributed by atoms with Crippen LogP contribution in [0, 0.1) is 23.7 Å². The molecule has 11 nitrogen and oxygen atoms in total. The number of hydrogen-bond donors (Lipinski definition) is 6. The van der Waals surface area contributed by atoms with E-state index in [9.17, 15) is 30.6 Å². The van der Waals surface area contributed by atoms with Crippen molar-refractivity contribution in [3.05, 3.63) is 0 Å². The van der Waals surface area contributed by atoms with Gasteiger partial charge in [-0.25, -0.2) is 0 Å². The van der Waals surface area contributed by atoms with Crippen molar-refractivity contribution in [1.29, 1.82) is 0 Å². The van der Waals surface area contributed by atoms with Crippen LogP contribution in [0.2, 0.25) is 0 Å². The Balaban J connectivity index is 2.30. The van der Waals surface area contributed by atoms with E-state index in [0.29, 0.717) is 36.8 Å². The first-order valence-corrected chi connectivity index (χ1v) is 22.9. The zero-order valence-corrected chi connectivity index (χ0v) is 36.4. The van der Waals surface area contributed by atoms with Gasteiger partial charge in [0.05, 0.1) is 0 Å². The molecule has 6 N–H and O–H groups in total. The Morgan fingerprint density at radius 3 is 0.927 bits per heavy atom. The number of hydrogen-bond acceptors (Lipinski definition) is 11. The molecule has 2 saturated heterocycles. The van der Waals surface area contributed by atoms with Crippen LogP contribution in [-0.2, 0) is 14.2 Å². The van der Waals surface area contributed by atoms with Crippen molar-refractivity contribution in [2.45, 2.75) is 220 Å². The predicted molar refractivity (Wildman–Crippen MR) is 221 cm³/mol.